The molecule has 1 aromatic heterocycles. The van der Waals surface area contributed by atoms with Crippen LogP contribution in [0.5, 0.6) is 5.88 Å². The molecule has 60 valence electrons. The smallest absolute Gasteiger partial charge is 0.214 e. The second kappa shape index (κ2) is 3.55. The third-order valence-corrected chi connectivity index (χ3v) is 1.41. The van der Waals surface area contributed by atoms with Gasteiger partial charge in [0.15, 0.2) is 0 Å². The topological polar surface area (TPSA) is 42.4 Å². The van der Waals surface area contributed by atoms with E-state index in [4.69, 9.17) is 21.4 Å². The molecule has 0 spiro atoms. The molecule has 0 radical (unpaired) electrons. The van der Waals surface area contributed by atoms with E-state index in [1.165, 1.54) is 7.11 Å². The van der Waals surface area contributed by atoms with E-state index in [1.54, 1.807) is 12.1 Å². The first kappa shape index (κ1) is 8.30. The number of aromatic nitrogens is 1. The Morgan fingerprint density at radius 2 is 2.36 bits per heavy atom. The van der Waals surface area contributed by atoms with Gasteiger partial charge in [-0.05, 0) is 6.07 Å². The number of hydrogen-bond donors (Lipinski definition) is 1. The van der Waals surface area contributed by atoms with E-state index >= 15 is 0 Å². The van der Waals surface area contributed by atoms with Gasteiger partial charge in [-0.15, -0.1) is 0 Å². The average Bonchev–Trinajstić information content (AvgIpc) is 2.03. The molecule has 0 fully saturated rings. The van der Waals surface area contributed by atoms with Crippen molar-refractivity contribution in [1.82, 2.24) is 4.98 Å². The first-order valence-electron chi connectivity index (χ1n) is 3.07. The lowest BCUT2D eigenvalue weighted by Crippen LogP contribution is -1.93. The fraction of sp³-hybridized carbons (Fsp3) is 0.286. The summed E-state index contributed by atoms with van der Waals surface area (Å²) < 4.78 is 4.83. The molecule has 0 saturated heterocycles. The Bertz CT molecular complexity index is 230. The zero-order valence-electron chi connectivity index (χ0n) is 6.04. The van der Waals surface area contributed by atoms with Gasteiger partial charge in [-0.3, -0.25) is 0 Å². The number of nitrogens with zero attached hydrogens (tertiary/aromatic N) is 1. The summed E-state index contributed by atoms with van der Waals surface area (Å²) in [6.45, 7) is -0.128. The predicted octanol–water partition coefficient (Wildman–Crippen LogP) is 1.24. The van der Waals surface area contributed by atoms with Crippen molar-refractivity contribution in [3.8, 4) is 5.88 Å². The van der Waals surface area contributed by atoms with Crippen LogP contribution in [0.15, 0.2) is 12.1 Å². The molecule has 1 rings (SSSR count). The van der Waals surface area contributed by atoms with Crippen LogP contribution >= 0.6 is 11.6 Å². The Morgan fingerprint density at radius 1 is 1.64 bits per heavy atom. The Labute approximate surface area is 69.6 Å². The molecule has 4 heteroatoms. The minimum Gasteiger partial charge on any atom is -0.481 e. The maximum absolute atomic E-state index is 8.71. The number of hydrogen-bond acceptors (Lipinski definition) is 3. The zero-order valence-corrected chi connectivity index (χ0v) is 6.80. The molecule has 0 unspecified atom stereocenters. The lowest BCUT2D eigenvalue weighted by molar-refractivity contribution is 0.274. The zero-order chi connectivity index (χ0) is 8.27. The molecule has 1 heterocycles. The lowest BCUT2D eigenvalue weighted by atomic mass is 10.3. The van der Waals surface area contributed by atoms with E-state index in [-0.39, 0.29) is 6.61 Å². The summed E-state index contributed by atoms with van der Waals surface area (Å²) in [6, 6.07) is 3.17. The summed E-state index contributed by atoms with van der Waals surface area (Å²) in [5.41, 5.74) is 0.509. The quantitative estimate of drug-likeness (QED) is 0.732. The normalized spacial score (nSPS) is 9.73. The minimum atomic E-state index is -0.128. The van der Waals surface area contributed by atoms with Crippen molar-refractivity contribution >= 4 is 11.6 Å². The standard InChI is InChI=1S/C7H8ClNO2/c1-11-7-3-5(8)2-6(4-10)9-7/h2-3,10H,4H2,1H3. The fourth-order valence-corrected chi connectivity index (χ4v) is 0.930. The third kappa shape index (κ3) is 2.06. The van der Waals surface area contributed by atoms with E-state index in [9.17, 15) is 0 Å². The number of aliphatic hydroxyl groups excluding tert-OH is 1. The van der Waals surface area contributed by atoms with Crippen LogP contribution in [0.1, 0.15) is 5.69 Å². The highest BCUT2D eigenvalue weighted by Crippen LogP contribution is 2.16. The highest BCUT2D eigenvalue weighted by Gasteiger charge is 1.99. The third-order valence-electron chi connectivity index (χ3n) is 1.19. The first-order chi connectivity index (χ1) is 5.26. The monoisotopic (exact) mass is 173 g/mol. The van der Waals surface area contributed by atoms with Crippen LogP contribution in [-0.4, -0.2) is 17.2 Å². The maximum atomic E-state index is 8.71. The molecule has 0 saturated carbocycles. The Kier molecular flexibility index (Phi) is 2.68. The lowest BCUT2D eigenvalue weighted by Gasteiger charge is -2.01. The van der Waals surface area contributed by atoms with E-state index in [0.29, 0.717) is 16.6 Å². The summed E-state index contributed by atoms with van der Waals surface area (Å²) in [7, 11) is 1.50. The molecule has 0 atom stereocenters. The molecule has 0 bridgehead atoms. The molecule has 0 aliphatic heterocycles. The van der Waals surface area contributed by atoms with Crippen LogP contribution in [0.4, 0.5) is 0 Å². The van der Waals surface area contributed by atoms with Gasteiger partial charge < -0.3 is 9.84 Å². The van der Waals surface area contributed by atoms with Gasteiger partial charge in [0, 0.05) is 11.1 Å². The van der Waals surface area contributed by atoms with Crippen molar-refractivity contribution < 1.29 is 9.84 Å². The maximum Gasteiger partial charge on any atom is 0.214 e. The molecule has 0 amide bonds. The van der Waals surface area contributed by atoms with Crippen molar-refractivity contribution in [2.75, 3.05) is 7.11 Å². The summed E-state index contributed by atoms with van der Waals surface area (Å²) in [5, 5.41) is 9.22. The van der Waals surface area contributed by atoms with Gasteiger partial charge in [-0.2, -0.15) is 0 Å². The number of methoxy groups -OCH3 is 1. The molecule has 3 nitrogen and oxygen atoms in total. The number of rotatable bonds is 2. The van der Waals surface area contributed by atoms with Crippen LogP contribution in [-0.2, 0) is 6.61 Å². The molecule has 1 aromatic rings. The second-order valence-electron chi connectivity index (χ2n) is 1.98. The molecule has 0 aliphatic rings. The van der Waals surface area contributed by atoms with Crippen molar-refractivity contribution in [3.05, 3.63) is 22.8 Å². The average molecular weight is 174 g/mol. The van der Waals surface area contributed by atoms with Gasteiger partial charge in [0.05, 0.1) is 19.4 Å². The van der Waals surface area contributed by atoms with Crippen LogP contribution in [0.25, 0.3) is 0 Å². The van der Waals surface area contributed by atoms with Gasteiger partial charge in [-0.25, -0.2) is 4.98 Å². The van der Waals surface area contributed by atoms with E-state index < -0.39 is 0 Å². The molecule has 0 aliphatic carbocycles. The first-order valence-corrected chi connectivity index (χ1v) is 3.45. The second-order valence-corrected chi connectivity index (χ2v) is 2.41. The van der Waals surface area contributed by atoms with E-state index in [0.717, 1.165) is 0 Å². The highest BCUT2D eigenvalue weighted by molar-refractivity contribution is 6.30. The number of aliphatic hydroxyl groups is 1. The summed E-state index contributed by atoms with van der Waals surface area (Å²) in [5.74, 6) is 0.418. The van der Waals surface area contributed by atoms with Gasteiger partial charge >= 0.3 is 0 Å². The Morgan fingerprint density at radius 3 is 2.91 bits per heavy atom. The van der Waals surface area contributed by atoms with Crippen molar-refractivity contribution in [2.24, 2.45) is 0 Å². The van der Waals surface area contributed by atoms with E-state index in [2.05, 4.69) is 4.98 Å². The van der Waals surface area contributed by atoms with Crippen molar-refractivity contribution in [3.63, 3.8) is 0 Å². The highest BCUT2D eigenvalue weighted by atomic mass is 35.5. The summed E-state index contributed by atoms with van der Waals surface area (Å²) in [6.07, 6.45) is 0. The van der Waals surface area contributed by atoms with Crippen LogP contribution < -0.4 is 4.74 Å². The Hall–Kier alpha value is -0.800. The molecule has 11 heavy (non-hydrogen) atoms. The molecule has 1 N–H and O–H groups in total. The van der Waals surface area contributed by atoms with Gasteiger partial charge in [0.1, 0.15) is 0 Å². The Balaban J connectivity index is 3.02. The summed E-state index contributed by atoms with van der Waals surface area (Å²) >= 11 is 5.68. The van der Waals surface area contributed by atoms with Crippen molar-refractivity contribution in [1.29, 1.82) is 0 Å². The van der Waals surface area contributed by atoms with E-state index in [1.807, 2.05) is 0 Å². The molecular formula is C7H8ClNO2. The fourth-order valence-electron chi connectivity index (χ4n) is 0.710. The van der Waals surface area contributed by atoms with Crippen LogP contribution in [0, 0.1) is 0 Å². The van der Waals surface area contributed by atoms with Gasteiger partial charge in [0.25, 0.3) is 0 Å². The molecular weight excluding hydrogens is 166 g/mol. The number of halogens is 1. The van der Waals surface area contributed by atoms with Gasteiger partial charge in [-0.1, -0.05) is 11.6 Å². The predicted molar refractivity (Wildman–Crippen MR) is 41.7 cm³/mol. The largest absolute Gasteiger partial charge is 0.481 e. The number of ether oxygens (including phenoxy) is 1. The van der Waals surface area contributed by atoms with Gasteiger partial charge in [0.2, 0.25) is 5.88 Å². The summed E-state index contributed by atoms with van der Waals surface area (Å²) in [4.78, 5) is 3.91. The van der Waals surface area contributed by atoms with Crippen LogP contribution in [0.2, 0.25) is 5.02 Å². The van der Waals surface area contributed by atoms with Crippen molar-refractivity contribution in [2.45, 2.75) is 6.61 Å². The minimum absolute atomic E-state index is 0.128. The number of pyridine rings is 1. The van der Waals surface area contributed by atoms with Crippen LogP contribution in [0.3, 0.4) is 0 Å². The molecule has 0 aromatic carbocycles. The SMILES string of the molecule is COc1cc(Cl)cc(CO)n1.